The molecule has 0 unspecified atom stereocenters. The van der Waals surface area contributed by atoms with Gasteiger partial charge in [-0.25, -0.2) is 4.98 Å². The minimum atomic E-state index is -0.137. The van der Waals surface area contributed by atoms with Crippen molar-refractivity contribution in [1.29, 1.82) is 0 Å². The summed E-state index contributed by atoms with van der Waals surface area (Å²) in [5.74, 6) is 0.268. The highest BCUT2D eigenvalue weighted by Gasteiger charge is 2.29. The Labute approximate surface area is 120 Å². The third kappa shape index (κ3) is 3.15. The summed E-state index contributed by atoms with van der Waals surface area (Å²) in [6, 6.07) is 0. The summed E-state index contributed by atoms with van der Waals surface area (Å²) in [6.07, 6.45) is 0.960. The third-order valence-electron chi connectivity index (χ3n) is 2.89. The first-order valence-corrected chi connectivity index (χ1v) is 7.38. The van der Waals surface area contributed by atoms with Crippen LogP contribution in [-0.2, 0) is 4.74 Å². The molecule has 1 fully saturated rings. The summed E-state index contributed by atoms with van der Waals surface area (Å²) in [7, 11) is 0. The quantitative estimate of drug-likeness (QED) is 0.859. The molecule has 1 aromatic heterocycles. The second-order valence-corrected chi connectivity index (χ2v) is 6.34. The Morgan fingerprint density at radius 1 is 1.61 bits per heavy atom. The zero-order valence-corrected chi connectivity index (χ0v) is 12.3. The lowest BCUT2D eigenvalue weighted by Gasteiger charge is -2.15. The van der Waals surface area contributed by atoms with Crippen molar-refractivity contribution < 1.29 is 9.53 Å². The van der Waals surface area contributed by atoms with E-state index in [9.17, 15) is 4.79 Å². The average molecular weight is 309 g/mol. The molecular formula is C11H14Cl2N2O2S. The zero-order chi connectivity index (χ0) is 13.1. The second-order valence-electron chi connectivity index (χ2n) is 4.15. The van der Waals surface area contributed by atoms with Gasteiger partial charge in [0.2, 0.25) is 0 Å². The van der Waals surface area contributed by atoms with Crippen molar-refractivity contribution in [3.63, 3.8) is 0 Å². The Morgan fingerprint density at radius 2 is 2.39 bits per heavy atom. The number of thiazole rings is 1. The molecule has 7 heteroatoms. The monoisotopic (exact) mass is 308 g/mol. The summed E-state index contributed by atoms with van der Waals surface area (Å²) < 4.78 is 6.04. The van der Waals surface area contributed by atoms with E-state index in [2.05, 4.69) is 4.98 Å². The van der Waals surface area contributed by atoms with E-state index < -0.39 is 0 Å². The summed E-state index contributed by atoms with van der Waals surface area (Å²) >= 11 is 12.8. The molecule has 0 spiro atoms. The van der Waals surface area contributed by atoms with Crippen molar-refractivity contribution in [2.75, 3.05) is 26.3 Å². The first-order chi connectivity index (χ1) is 8.61. The molecule has 1 atom stereocenters. The fourth-order valence-electron chi connectivity index (χ4n) is 2.00. The van der Waals surface area contributed by atoms with Crippen molar-refractivity contribution in [3.05, 3.63) is 14.5 Å². The van der Waals surface area contributed by atoms with E-state index in [1.165, 1.54) is 0 Å². The SMILES string of the molecule is CCOC[C@@H]1CCN(C(=O)c2nc(Cl)sc2Cl)C1. The zero-order valence-electron chi connectivity index (χ0n) is 9.99. The van der Waals surface area contributed by atoms with Crippen molar-refractivity contribution in [2.45, 2.75) is 13.3 Å². The molecule has 18 heavy (non-hydrogen) atoms. The van der Waals surface area contributed by atoms with Crippen molar-refractivity contribution in [3.8, 4) is 0 Å². The fraction of sp³-hybridized carbons (Fsp3) is 0.636. The van der Waals surface area contributed by atoms with Crippen molar-refractivity contribution in [1.82, 2.24) is 9.88 Å². The van der Waals surface area contributed by atoms with E-state index >= 15 is 0 Å². The summed E-state index contributed by atoms with van der Waals surface area (Å²) in [5, 5.41) is 0. The van der Waals surface area contributed by atoms with Gasteiger partial charge in [-0.1, -0.05) is 34.5 Å². The first kappa shape index (κ1) is 14.1. The standard InChI is InChI=1S/C11H14Cl2N2O2S/c1-2-17-6-7-3-4-15(5-7)10(16)8-9(12)18-11(13)14-8/h7H,2-6H2,1H3/t7-/m1/s1. The second kappa shape index (κ2) is 6.19. The van der Waals surface area contributed by atoms with Gasteiger partial charge in [0, 0.05) is 25.6 Å². The normalized spacial score (nSPS) is 19.5. The lowest BCUT2D eigenvalue weighted by atomic mass is 10.1. The lowest BCUT2D eigenvalue weighted by molar-refractivity contribution is 0.0758. The van der Waals surface area contributed by atoms with Crippen LogP contribution < -0.4 is 0 Å². The number of hydrogen-bond donors (Lipinski definition) is 0. The Kier molecular flexibility index (Phi) is 4.84. The smallest absolute Gasteiger partial charge is 0.274 e. The van der Waals surface area contributed by atoms with Gasteiger partial charge in [-0.05, 0) is 13.3 Å². The molecule has 1 aromatic rings. The van der Waals surface area contributed by atoms with Gasteiger partial charge in [0.15, 0.2) is 10.2 Å². The number of amides is 1. The van der Waals surface area contributed by atoms with Crippen LogP contribution in [0.2, 0.25) is 8.80 Å². The fourth-order valence-corrected chi connectivity index (χ4v) is 3.29. The molecule has 2 rings (SSSR count). The van der Waals surface area contributed by atoms with Gasteiger partial charge in [-0.2, -0.15) is 0 Å². The highest BCUT2D eigenvalue weighted by atomic mass is 35.5. The van der Waals surface area contributed by atoms with Gasteiger partial charge in [0.25, 0.3) is 5.91 Å². The highest BCUT2D eigenvalue weighted by Crippen LogP contribution is 2.29. The number of ether oxygens (including phenoxy) is 1. The van der Waals surface area contributed by atoms with Gasteiger partial charge in [0.05, 0.1) is 6.61 Å². The summed E-state index contributed by atoms with van der Waals surface area (Å²) in [5.41, 5.74) is 0.267. The van der Waals surface area contributed by atoms with Gasteiger partial charge >= 0.3 is 0 Å². The summed E-state index contributed by atoms with van der Waals surface area (Å²) in [4.78, 5) is 17.9. The maximum atomic E-state index is 12.2. The number of hydrogen-bond acceptors (Lipinski definition) is 4. The minimum Gasteiger partial charge on any atom is -0.381 e. The molecule has 1 amide bonds. The molecule has 1 saturated heterocycles. The van der Waals surface area contributed by atoms with E-state index in [4.69, 9.17) is 27.9 Å². The maximum absolute atomic E-state index is 12.2. The molecule has 2 heterocycles. The number of carbonyl (C=O) groups excluding carboxylic acids is 1. The molecule has 0 aromatic carbocycles. The van der Waals surface area contributed by atoms with Gasteiger partial charge in [-0.15, -0.1) is 0 Å². The van der Waals surface area contributed by atoms with Crippen LogP contribution in [-0.4, -0.2) is 42.1 Å². The van der Waals surface area contributed by atoms with Crippen molar-refractivity contribution >= 4 is 40.4 Å². The van der Waals surface area contributed by atoms with Crippen LogP contribution in [0.15, 0.2) is 0 Å². The molecule has 4 nitrogen and oxygen atoms in total. The highest BCUT2D eigenvalue weighted by molar-refractivity contribution is 7.19. The van der Waals surface area contributed by atoms with E-state index in [0.29, 0.717) is 34.5 Å². The number of aromatic nitrogens is 1. The van der Waals surface area contributed by atoms with Crippen LogP contribution in [0.4, 0.5) is 0 Å². The number of carbonyl (C=O) groups is 1. The number of nitrogens with zero attached hydrogens (tertiary/aromatic N) is 2. The largest absolute Gasteiger partial charge is 0.381 e. The Morgan fingerprint density at radius 3 is 3.00 bits per heavy atom. The van der Waals surface area contributed by atoms with Crippen molar-refractivity contribution in [2.24, 2.45) is 5.92 Å². The molecule has 1 aliphatic heterocycles. The molecular weight excluding hydrogens is 295 g/mol. The molecule has 1 aliphatic rings. The number of likely N-dealkylation sites (tertiary alicyclic amines) is 1. The van der Waals surface area contributed by atoms with Crippen LogP contribution in [0.5, 0.6) is 0 Å². The topological polar surface area (TPSA) is 42.4 Å². The molecule has 0 saturated carbocycles. The first-order valence-electron chi connectivity index (χ1n) is 5.80. The average Bonchev–Trinajstić information content (AvgIpc) is 2.92. The third-order valence-corrected chi connectivity index (χ3v) is 4.25. The predicted octanol–water partition coefficient (Wildman–Crippen LogP) is 2.95. The van der Waals surface area contributed by atoms with Gasteiger partial charge in [-0.3, -0.25) is 4.79 Å². The molecule has 0 radical (unpaired) electrons. The molecule has 0 aliphatic carbocycles. The van der Waals surface area contributed by atoms with E-state index in [0.717, 1.165) is 24.3 Å². The number of halogens is 2. The Hall–Kier alpha value is -0.360. The lowest BCUT2D eigenvalue weighted by Crippen LogP contribution is -2.29. The molecule has 100 valence electrons. The summed E-state index contributed by atoms with van der Waals surface area (Å²) in [6.45, 7) is 4.80. The molecule has 0 N–H and O–H groups in total. The Balaban J connectivity index is 1.97. The van der Waals surface area contributed by atoms with Crippen LogP contribution in [0.3, 0.4) is 0 Å². The predicted molar refractivity (Wildman–Crippen MR) is 72.6 cm³/mol. The minimum absolute atomic E-state index is 0.137. The molecule has 0 bridgehead atoms. The van der Waals surface area contributed by atoms with Crippen LogP contribution >= 0.6 is 34.5 Å². The van der Waals surface area contributed by atoms with E-state index in [1.807, 2.05) is 6.92 Å². The van der Waals surface area contributed by atoms with E-state index in [1.54, 1.807) is 4.90 Å². The van der Waals surface area contributed by atoms with Crippen LogP contribution in [0, 0.1) is 5.92 Å². The van der Waals surface area contributed by atoms with Crippen LogP contribution in [0.25, 0.3) is 0 Å². The van der Waals surface area contributed by atoms with Gasteiger partial charge < -0.3 is 9.64 Å². The number of rotatable bonds is 4. The van der Waals surface area contributed by atoms with Crippen LogP contribution in [0.1, 0.15) is 23.8 Å². The maximum Gasteiger partial charge on any atom is 0.274 e. The van der Waals surface area contributed by atoms with Gasteiger partial charge in [0.1, 0.15) is 4.34 Å². The van der Waals surface area contributed by atoms with E-state index in [-0.39, 0.29) is 11.6 Å². The Bertz CT molecular complexity index is 439.